The van der Waals surface area contributed by atoms with E-state index in [1.165, 1.54) is 23.5 Å². The first kappa shape index (κ1) is 26.0. The molecule has 2 N–H and O–H groups in total. The number of nitrogens with one attached hydrogen (secondary N) is 2. The van der Waals surface area contributed by atoms with E-state index in [0.29, 0.717) is 69.9 Å². The highest BCUT2D eigenvalue weighted by Gasteiger charge is 2.54. The third-order valence-electron chi connectivity index (χ3n) is 6.80. The van der Waals surface area contributed by atoms with E-state index in [2.05, 4.69) is 63.8 Å². The highest BCUT2D eigenvalue weighted by Crippen LogP contribution is 2.48. The van der Waals surface area contributed by atoms with Crippen LogP contribution >= 0.6 is 0 Å². The lowest BCUT2D eigenvalue weighted by atomic mass is 9.96. The number of aryl methyl sites for hydroxylation is 1. The van der Waals surface area contributed by atoms with Gasteiger partial charge in [-0.3, -0.25) is 4.98 Å². The summed E-state index contributed by atoms with van der Waals surface area (Å²) in [5.74, 6) is 0.428. The molecule has 200 valence electrons. The van der Waals surface area contributed by atoms with E-state index in [0.717, 1.165) is 0 Å². The first-order chi connectivity index (χ1) is 18.6. The summed E-state index contributed by atoms with van der Waals surface area (Å²) in [6.45, 7) is 8.55. The summed E-state index contributed by atoms with van der Waals surface area (Å²) in [6, 6.07) is 7.05. The first-order valence-electron chi connectivity index (χ1n) is 12.4. The summed E-state index contributed by atoms with van der Waals surface area (Å²) in [5.41, 5.74) is 1.71. The third-order valence-corrected chi connectivity index (χ3v) is 6.80. The van der Waals surface area contributed by atoms with Crippen LogP contribution in [0.2, 0.25) is 0 Å². The van der Waals surface area contributed by atoms with Crippen molar-refractivity contribution in [2.45, 2.75) is 58.5 Å². The van der Waals surface area contributed by atoms with Gasteiger partial charge in [0.15, 0.2) is 12.2 Å². The van der Waals surface area contributed by atoms with Crippen molar-refractivity contribution >= 4 is 22.3 Å². The molecule has 1 unspecified atom stereocenters. The molecule has 1 aliphatic rings. The minimum absolute atomic E-state index is 0.0753. The van der Waals surface area contributed by atoms with E-state index in [1.54, 1.807) is 19.1 Å². The number of halogens is 2. The van der Waals surface area contributed by atoms with Gasteiger partial charge in [0, 0.05) is 23.8 Å². The van der Waals surface area contributed by atoms with Crippen LogP contribution in [0.15, 0.2) is 35.3 Å². The van der Waals surface area contributed by atoms with Crippen molar-refractivity contribution in [2.75, 3.05) is 17.2 Å². The Hall–Kier alpha value is -4.58. The second-order valence-electron chi connectivity index (χ2n) is 11.0. The molecule has 0 aliphatic heterocycles. The maximum Gasteiger partial charge on any atom is 0.263 e. The van der Waals surface area contributed by atoms with Gasteiger partial charge in [0.25, 0.3) is 6.43 Å². The zero-order valence-electron chi connectivity index (χ0n) is 22.0. The minimum atomic E-state index is -2.56. The summed E-state index contributed by atoms with van der Waals surface area (Å²) in [7, 11) is 0. The lowest BCUT2D eigenvalue weighted by Gasteiger charge is -2.22. The van der Waals surface area contributed by atoms with Gasteiger partial charge in [0.2, 0.25) is 0 Å². The van der Waals surface area contributed by atoms with E-state index >= 15 is 0 Å². The van der Waals surface area contributed by atoms with E-state index < -0.39 is 18.0 Å². The Labute approximate surface area is 223 Å². The van der Waals surface area contributed by atoms with Crippen molar-refractivity contribution in [3.05, 3.63) is 59.2 Å². The number of aromatic nitrogens is 5. The normalized spacial score (nSPS) is 15.1. The van der Waals surface area contributed by atoms with Gasteiger partial charge in [-0.2, -0.15) is 10.5 Å². The van der Waals surface area contributed by atoms with E-state index in [-0.39, 0.29) is 5.41 Å². The molecule has 0 saturated heterocycles. The molecule has 10 nitrogen and oxygen atoms in total. The lowest BCUT2D eigenvalue weighted by Crippen LogP contribution is -2.26. The number of anilines is 2. The van der Waals surface area contributed by atoms with Gasteiger partial charge in [-0.25, -0.2) is 18.4 Å². The Morgan fingerprint density at radius 3 is 2.49 bits per heavy atom. The number of nitriles is 2. The molecule has 3 aromatic heterocycles. The van der Waals surface area contributed by atoms with Gasteiger partial charge >= 0.3 is 0 Å². The van der Waals surface area contributed by atoms with Gasteiger partial charge in [-0.05, 0) is 37.3 Å². The van der Waals surface area contributed by atoms with Gasteiger partial charge < -0.3 is 15.1 Å². The number of hydrogen-bond acceptors (Lipinski definition) is 9. The van der Waals surface area contributed by atoms with Crippen molar-refractivity contribution in [3.63, 3.8) is 0 Å². The molecule has 39 heavy (non-hydrogen) atoms. The Balaban J connectivity index is 1.60. The SMILES string of the molecule is Cc1ncoc1C(Nc1cc(C#N)c2ncc(C#N)c(NCC(C)(C)C)c2c1)c1cn(C2(C(F)F)CC2)nn1. The molecule has 1 atom stereocenters. The molecule has 1 aromatic carbocycles. The van der Waals surface area contributed by atoms with Gasteiger partial charge in [-0.1, -0.05) is 26.0 Å². The van der Waals surface area contributed by atoms with Crippen LogP contribution in [0.25, 0.3) is 10.9 Å². The average molecular weight is 532 g/mol. The monoisotopic (exact) mass is 531 g/mol. The maximum absolute atomic E-state index is 13.7. The van der Waals surface area contributed by atoms with Crippen LogP contribution in [-0.4, -0.2) is 37.9 Å². The Kier molecular flexibility index (Phi) is 6.43. The number of oxazole rings is 1. The highest BCUT2D eigenvalue weighted by molar-refractivity contribution is 5.99. The molecule has 4 aromatic rings. The lowest BCUT2D eigenvalue weighted by molar-refractivity contribution is 0.0593. The molecule has 1 saturated carbocycles. The van der Waals surface area contributed by atoms with E-state index in [4.69, 9.17) is 4.42 Å². The fraction of sp³-hybridized carbons (Fsp3) is 0.407. The molecule has 0 amide bonds. The van der Waals surface area contributed by atoms with Crippen molar-refractivity contribution in [1.82, 2.24) is 25.0 Å². The van der Waals surface area contributed by atoms with Crippen LogP contribution in [0.5, 0.6) is 0 Å². The summed E-state index contributed by atoms with van der Waals surface area (Å²) in [4.78, 5) is 8.56. The van der Waals surface area contributed by atoms with Gasteiger partial charge in [-0.15, -0.1) is 5.10 Å². The van der Waals surface area contributed by atoms with Gasteiger partial charge in [0.05, 0.1) is 34.2 Å². The quantitative estimate of drug-likeness (QED) is 0.310. The predicted octanol–water partition coefficient (Wildman–Crippen LogP) is 5.28. The smallest absolute Gasteiger partial charge is 0.263 e. The summed E-state index contributed by atoms with van der Waals surface area (Å²) < 4.78 is 34.3. The zero-order valence-corrected chi connectivity index (χ0v) is 22.0. The average Bonchev–Trinajstić information content (AvgIpc) is 3.37. The van der Waals surface area contributed by atoms with Crippen LogP contribution in [0, 0.1) is 35.0 Å². The number of rotatable bonds is 8. The van der Waals surface area contributed by atoms with Crippen LogP contribution in [0.4, 0.5) is 20.2 Å². The molecular formula is C27H27F2N9O. The van der Waals surface area contributed by atoms with Crippen molar-refractivity contribution in [2.24, 2.45) is 5.41 Å². The molecule has 0 spiro atoms. The maximum atomic E-state index is 13.7. The number of benzene rings is 1. The van der Waals surface area contributed by atoms with Crippen LogP contribution in [0.1, 0.15) is 67.9 Å². The van der Waals surface area contributed by atoms with Crippen molar-refractivity contribution in [1.29, 1.82) is 10.5 Å². The summed E-state index contributed by atoms with van der Waals surface area (Å²) in [6.07, 6.45) is 2.33. The van der Waals surface area contributed by atoms with Gasteiger partial charge in [0.1, 0.15) is 29.4 Å². The Morgan fingerprint density at radius 1 is 1.15 bits per heavy atom. The highest BCUT2D eigenvalue weighted by atomic mass is 19.3. The molecule has 3 heterocycles. The molecular weight excluding hydrogens is 504 g/mol. The molecule has 5 rings (SSSR count). The fourth-order valence-electron chi connectivity index (χ4n) is 4.43. The standard InChI is InChI=1S/C27H27F2N9O/c1-15-24(39-14-34-15)23(20-12-38(37-36-20)27(5-6-27)25(28)29)35-18-7-16(9-30)21-19(8-18)22(17(10-31)11-32-21)33-13-26(2,3)4/h7-8,11-12,14,23,25,35H,5-6,13H2,1-4H3,(H,32,33). The van der Waals surface area contributed by atoms with Crippen molar-refractivity contribution < 1.29 is 13.2 Å². The Bertz CT molecular complexity index is 1620. The number of hydrogen-bond donors (Lipinski definition) is 2. The molecule has 1 fully saturated rings. The molecule has 12 heteroatoms. The zero-order chi connectivity index (χ0) is 27.9. The predicted molar refractivity (Wildman–Crippen MR) is 139 cm³/mol. The second kappa shape index (κ2) is 9.62. The largest absolute Gasteiger partial charge is 0.446 e. The topological polar surface area (TPSA) is 141 Å². The van der Waals surface area contributed by atoms with Crippen LogP contribution < -0.4 is 10.6 Å². The summed E-state index contributed by atoms with van der Waals surface area (Å²) in [5, 5.41) is 35.2. The molecule has 0 bridgehead atoms. The fourth-order valence-corrected chi connectivity index (χ4v) is 4.43. The molecule has 0 radical (unpaired) electrons. The number of pyridine rings is 1. The first-order valence-corrected chi connectivity index (χ1v) is 12.4. The summed E-state index contributed by atoms with van der Waals surface area (Å²) >= 11 is 0. The van der Waals surface area contributed by atoms with E-state index in [9.17, 15) is 19.3 Å². The second-order valence-corrected chi connectivity index (χ2v) is 11.0. The minimum Gasteiger partial charge on any atom is -0.446 e. The van der Waals surface area contributed by atoms with Crippen molar-refractivity contribution in [3.8, 4) is 12.1 Å². The Morgan fingerprint density at radius 2 is 1.90 bits per heavy atom. The number of nitrogens with zero attached hydrogens (tertiary/aromatic N) is 7. The number of alkyl halides is 2. The van der Waals surface area contributed by atoms with E-state index in [1.807, 2.05) is 0 Å². The van der Waals surface area contributed by atoms with Crippen LogP contribution in [-0.2, 0) is 5.54 Å². The molecule has 1 aliphatic carbocycles. The number of fused-ring (bicyclic) bond motifs is 1. The van der Waals surface area contributed by atoms with Crippen LogP contribution in [0.3, 0.4) is 0 Å². The third kappa shape index (κ3) is 4.86.